The van der Waals surface area contributed by atoms with Crippen molar-refractivity contribution >= 4 is 34.8 Å². The zero-order valence-electron chi connectivity index (χ0n) is 14.0. The zero-order chi connectivity index (χ0) is 19.4. The maximum absolute atomic E-state index is 12.2. The lowest BCUT2D eigenvalue weighted by Gasteiger charge is -2.13. The molecule has 9 heteroatoms. The first kappa shape index (κ1) is 19.2. The Morgan fingerprint density at radius 3 is 2.58 bits per heavy atom. The van der Waals surface area contributed by atoms with E-state index in [-0.39, 0.29) is 22.7 Å². The third kappa shape index (κ3) is 4.28. The van der Waals surface area contributed by atoms with Crippen LogP contribution in [0.5, 0.6) is 5.75 Å². The van der Waals surface area contributed by atoms with Crippen molar-refractivity contribution in [3.63, 3.8) is 0 Å². The first-order chi connectivity index (χ1) is 12.2. The van der Waals surface area contributed by atoms with Crippen molar-refractivity contribution < 1.29 is 19.2 Å². The summed E-state index contributed by atoms with van der Waals surface area (Å²) in [6.45, 7) is 2.98. The van der Waals surface area contributed by atoms with Crippen LogP contribution in [-0.2, 0) is 4.79 Å². The van der Waals surface area contributed by atoms with Crippen LogP contribution in [0, 0.1) is 24.0 Å². The fraction of sp³-hybridized carbons (Fsp3) is 0.176. The number of amides is 2. The number of anilines is 1. The summed E-state index contributed by atoms with van der Waals surface area (Å²) in [5.41, 5.74) is 6.54. The van der Waals surface area contributed by atoms with Gasteiger partial charge in [0.15, 0.2) is 6.61 Å². The second-order valence-corrected chi connectivity index (χ2v) is 5.94. The molecule has 0 heterocycles. The van der Waals surface area contributed by atoms with E-state index in [2.05, 4.69) is 5.32 Å². The van der Waals surface area contributed by atoms with E-state index < -0.39 is 23.3 Å². The molecular formula is C17H16ClN3O5. The highest BCUT2D eigenvalue weighted by molar-refractivity contribution is 6.31. The summed E-state index contributed by atoms with van der Waals surface area (Å²) in [5.74, 6) is -1.28. The predicted molar refractivity (Wildman–Crippen MR) is 96.7 cm³/mol. The molecule has 0 aliphatic rings. The number of nitrogens with two attached hydrogens (primary N) is 1. The molecule has 0 saturated carbocycles. The van der Waals surface area contributed by atoms with Crippen LogP contribution < -0.4 is 15.8 Å². The van der Waals surface area contributed by atoms with E-state index in [1.54, 1.807) is 19.9 Å². The molecule has 0 aliphatic heterocycles. The Hall–Kier alpha value is -3.13. The Bertz CT molecular complexity index is 898. The van der Waals surface area contributed by atoms with Crippen molar-refractivity contribution in [2.45, 2.75) is 13.8 Å². The molecule has 136 valence electrons. The van der Waals surface area contributed by atoms with Gasteiger partial charge < -0.3 is 15.8 Å². The number of halogens is 1. The lowest BCUT2D eigenvalue weighted by atomic mass is 10.1. The van der Waals surface area contributed by atoms with Gasteiger partial charge in [0, 0.05) is 11.1 Å². The highest BCUT2D eigenvalue weighted by atomic mass is 35.5. The predicted octanol–water partition coefficient (Wildman–Crippen LogP) is 2.98. The normalized spacial score (nSPS) is 10.3. The largest absolute Gasteiger partial charge is 0.483 e. The molecule has 2 amide bonds. The van der Waals surface area contributed by atoms with Crippen molar-refractivity contribution in [3.8, 4) is 5.75 Å². The summed E-state index contributed by atoms with van der Waals surface area (Å²) in [4.78, 5) is 34.2. The van der Waals surface area contributed by atoms with Gasteiger partial charge in [0.2, 0.25) is 0 Å². The summed E-state index contributed by atoms with van der Waals surface area (Å²) in [6, 6.07) is 7.15. The number of hydrogen-bond donors (Lipinski definition) is 2. The highest BCUT2D eigenvalue weighted by Gasteiger charge is 2.20. The van der Waals surface area contributed by atoms with Crippen LogP contribution in [0.1, 0.15) is 21.5 Å². The van der Waals surface area contributed by atoms with Crippen LogP contribution in [0.4, 0.5) is 11.4 Å². The molecule has 8 nitrogen and oxygen atoms in total. The molecule has 0 fully saturated rings. The molecule has 0 aliphatic carbocycles. The monoisotopic (exact) mass is 377 g/mol. The quantitative estimate of drug-likeness (QED) is 0.591. The third-order valence-electron chi connectivity index (χ3n) is 3.74. The number of ether oxygens (including phenoxy) is 1. The van der Waals surface area contributed by atoms with Crippen molar-refractivity contribution in [1.82, 2.24) is 0 Å². The number of hydrogen-bond acceptors (Lipinski definition) is 5. The van der Waals surface area contributed by atoms with Gasteiger partial charge in [0.05, 0.1) is 10.5 Å². The first-order valence-corrected chi connectivity index (χ1v) is 7.85. The average Bonchev–Trinajstić information content (AvgIpc) is 2.57. The number of benzene rings is 2. The molecule has 0 radical (unpaired) electrons. The molecule has 2 aromatic rings. The smallest absolute Gasteiger partial charge is 0.293 e. The number of nitrogens with one attached hydrogen (secondary N) is 1. The number of nitro groups is 1. The average molecular weight is 378 g/mol. The first-order valence-electron chi connectivity index (χ1n) is 7.47. The van der Waals surface area contributed by atoms with Gasteiger partial charge in [-0.2, -0.15) is 0 Å². The number of rotatable bonds is 6. The van der Waals surface area contributed by atoms with Gasteiger partial charge in [0.25, 0.3) is 17.5 Å². The number of carbonyl (C=O) groups excluding carboxylic acids is 2. The third-order valence-corrected chi connectivity index (χ3v) is 3.98. The number of primary amides is 1. The highest BCUT2D eigenvalue weighted by Crippen LogP contribution is 2.30. The molecule has 2 aromatic carbocycles. The Labute approximate surface area is 154 Å². The molecule has 0 saturated heterocycles. The summed E-state index contributed by atoms with van der Waals surface area (Å²) in [6.07, 6.45) is 0. The van der Waals surface area contributed by atoms with E-state index >= 15 is 0 Å². The minimum absolute atomic E-state index is 0.0306. The van der Waals surface area contributed by atoms with Crippen LogP contribution in [0.25, 0.3) is 0 Å². The number of nitro benzene ring substituents is 1. The SMILES string of the molecule is Cc1ccc([N+](=O)[O-])c(NC(=O)COc2ccc(Cl)cc2C(N)=O)c1C. The van der Waals surface area contributed by atoms with Gasteiger partial charge in [-0.05, 0) is 43.2 Å². The molecule has 0 spiro atoms. The van der Waals surface area contributed by atoms with E-state index in [4.69, 9.17) is 22.1 Å². The molecule has 0 unspecified atom stereocenters. The van der Waals surface area contributed by atoms with Gasteiger partial charge in [-0.3, -0.25) is 19.7 Å². The minimum atomic E-state index is -0.756. The molecule has 2 rings (SSSR count). The lowest BCUT2D eigenvalue weighted by Crippen LogP contribution is -2.22. The van der Waals surface area contributed by atoms with Crippen molar-refractivity contribution in [3.05, 3.63) is 62.2 Å². The molecule has 26 heavy (non-hydrogen) atoms. The van der Waals surface area contributed by atoms with Crippen LogP contribution in [0.3, 0.4) is 0 Å². The van der Waals surface area contributed by atoms with Gasteiger partial charge in [0.1, 0.15) is 11.4 Å². The van der Waals surface area contributed by atoms with Crippen molar-refractivity contribution in [2.75, 3.05) is 11.9 Å². The van der Waals surface area contributed by atoms with Crippen LogP contribution in [-0.4, -0.2) is 23.3 Å². The summed E-state index contributed by atoms with van der Waals surface area (Å²) in [7, 11) is 0. The number of carbonyl (C=O) groups is 2. The van der Waals surface area contributed by atoms with E-state index in [0.29, 0.717) is 10.6 Å². The molecule has 3 N–H and O–H groups in total. The fourth-order valence-electron chi connectivity index (χ4n) is 2.25. The van der Waals surface area contributed by atoms with E-state index in [9.17, 15) is 19.7 Å². The standard InChI is InChI=1S/C17H16ClN3O5/c1-9-3-5-13(21(24)25)16(10(9)2)20-15(22)8-26-14-6-4-11(18)7-12(14)17(19)23/h3-7H,8H2,1-2H3,(H2,19,23)(H,20,22). The van der Waals surface area contributed by atoms with Crippen molar-refractivity contribution in [1.29, 1.82) is 0 Å². The lowest BCUT2D eigenvalue weighted by molar-refractivity contribution is -0.384. The minimum Gasteiger partial charge on any atom is -0.483 e. The van der Waals surface area contributed by atoms with Gasteiger partial charge in [-0.1, -0.05) is 17.7 Å². The maximum atomic E-state index is 12.2. The topological polar surface area (TPSA) is 125 Å². The van der Waals surface area contributed by atoms with E-state index in [0.717, 1.165) is 5.56 Å². The second kappa shape index (κ2) is 7.83. The van der Waals surface area contributed by atoms with Crippen LogP contribution in [0.15, 0.2) is 30.3 Å². The molecule has 0 atom stereocenters. The Morgan fingerprint density at radius 1 is 1.27 bits per heavy atom. The molecule has 0 aromatic heterocycles. The summed E-state index contributed by atoms with van der Waals surface area (Å²) >= 11 is 5.80. The summed E-state index contributed by atoms with van der Waals surface area (Å²) < 4.78 is 5.32. The van der Waals surface area contributed by atoms with Crippen LogP contribution in [0.2, 0.25) is 5.02 Å². The Balaban J connectivity index is 2.18. The van der Waals surface area contributed by atoms with E-state index in [1.807, 2.05) is 0 Å². The van der Waals surface area contributed by atoms with Gasteiger partial charge in [-0.15, -0.1) is 0 Å². The molecular weight excluding hydrogens is 362 g/mol. The summed E-state index contributed by atoms with van der Waals surface area (Å²) in [5, 5.41) is 13.9. The fourth-order valence-corrected chi connectivity index (χ4v) is 2.42. The number of nitrogens with zero attached hydrogens (tertiary/aromatic N) is 1. The van der Waals surface area contributed by atoms with Gasteiger partial charge in [-0.25, -0.2) is 0 Å². The Kier molecular flexibility index (Phi) is 5.78. The second-order valence-electron chi connectivity index (χ2n) is 5.50. The Morgan fingerprint density at radius 2 is 1.96 bits per heavy atom. The van der Waals surface area contributed by atoms with Gasteiger partial charge >= 0.3 is 0 Å². The number of aryl methyl sites for hydroxylation is 1. The maximum Gasteiger partial charge on any atom is 0.293 e. The zero-order valence-corrected chi connectivity index (χ0v) is 14.8. The molecule has 0 bridgehead atoms. The van der Waals surface area contributed by atoms with Crippen molar-refractivity contribution in [2.24, 2.45) is 5.73 Å². The van der Waals surface area contributed by atoms with E-state index in [1.165, 1.54) is 24.3 Å². The van der Waals surface area contributed by atoms with Crippen LogP contribution >= 0.6 is 11.6 Å².